The van der Waals surface area contributed by atoms with E-state index in [1.165, 1.54) is 7.11 Å². The number of carboxylic acid groups (broad SMARTS) is 1. The van der Waals surface area contributed by atoms with Gasteiger partial charge in [0.2, 0.25) is 0 Å². The molecule has 0 aromatic heterocycles. The van der Waals surface area contributed by atoms with Crippen molar-refractivity contribution in [2.24, 2.45) is 0 Å². The minimum Gasteiger partial charge on any atom is -0.480 e. The summed E-state index contributed by atoms with van der Waals surface area (Å²) < 4.78 is 6.21. The summed E-state index contributed by atoms with van der Waals surface area (Å²) in [5.74, 6) is -1.55. The maximum absolute atomic E-state index is 12.5. The molecule has 6 heteroatoms. The maximum Gasteiger partial charge on any atom is 0.326 e. The van der Waals surface area contributed by atoms with E-state index >= 15 is 0 Å². The average molecular weight is 439 g/mol. The molecule has 0 radical (unpaired) electrons. The van der Waals surface area contributed by atoms with Gasteiger partial charge in [-0.1, -0.05) is 48.5 Å². The number of methoxy groups -OCH3 is 1. The first-order chi connectivity index (χ1) is 11.5. The molecular formula is C18H18INO4. The molecule has 126 valence electrons. The van der Waals surface area contributed by atoms with E-state index in [0.29, 0.717) is 5.56 Å². The Morgan fingerprint density at radius 1 is 1.12 bits per heavy atom. The van der Waals surface area contributed by atoms with Crippen LogP contribution < -0.4 is 5.32 Å². The topological polar surface area (TPSA) is 75.6 Å². The van der Waals surface area contributed by atoms with Crippen molar-refractivity contribution >= 4 is 34.5 Å². The molecule has 24 heavy (non-hydrogen) atoms. The molecule has 0 aliphatic carbocycles. The van der Waals surface area contributed by atoms with E-state index in [2.05, 4.69) is 27.9 Å². The fourth-order valence-corrected chi connectivity index (χ4v) is 2.96. The first kappa shape index (κ1) is 18.4. The molecule has 2 atom stereocenters. The lowest BCUT2D eigenvalue weighted by Gasteiger charge is -2.20. The van der Waals surface area contributed by atoms with Crippen molar-refractivity contribution in [3.63, 3.8) is 0 Å². The molecule has 0 heterocycles. The summed E-state index contributed by atoms with van der Waals surface area (Å²) >= 11 is 2.15. The Morgan fingerprint density at radius 3 is 2.33 bits per heavy atom. The number of hydrogen-bond acceptors (Lipinski definition) is 3. The highest BCUT2D eigenvalue weighted by Crippen LogP contribution is 2.18. The molecule has 0 bridgehead atoms. The van der Waals surface area contributed by atoms with Gasteiger partial charge in [0.15, 0.2) is 6.10 Å². The van der Waals surface area contributed by atoms with E-state index in [4.69, 9.17) is 4.74 Å². The standard InChI is InChI=1S/C18H18INO4/c1-24-16(12-7-3-2-4-8-12)17(21)20-15(18(22)23)11-13-9-5-6-10-14(13)19/h2-10,15-16H,11H2,1H3,(H,20,21)(H,22,23)/t15-,16-/m0/s1. The Bertz CT molecular complexity index is 705. The van der Waals surface area contributed by atoms with E-state index in [0.717, 1.165) is 9.13 Å². The molecule has 1 amide bonds. The fourth-order valence-electron chi connectivity index (χ4n) is 2.35. The van der Waals surface area contributed by atoms with Crippen molar-refractivity contribution < 1.29 is 19.4 Å². The second-order valence-corrected chi connectivity index (χ2v) is 6.38. The molecule has 0 saturated carbocycles. The third-order valence-electron chi connectivity index (χ3n) is 3.57. The molecular weight excluding hydrogens is 421 g/mol. The van der Waals surface area contributed by atoms with Crippen molar-refractivity contribution in [3.05, 3.63) is 69.3 Å². The SMILES string of the molecule is CO[C@H](C(=O)N[C@@H](Cc1ccccc1I)C(=O)O)c1ccccc1. The van der Waals surface area contributed by atoms with Gasteiger partial charge in [-0.3, -0.25) is 4.79 Å². The van der Waals surface area contributed by atoms with Crippen molar-refractivity contribution in [3.8, 4) is 0 Å². The summed E-state index contributed by atoms with van der Waals surface area (Å²) in [5.41, 5.74) is 1.55. The molecule has 0 aliphatic heterocycles. The number of aliphatic carboxylic acids is 1. The van der Waals surface area contributed by atoms with E-state index in [-0.39, 0.29) is 6.42 Å². The zero-order valence-electron chi connectivity index (χ0n) is 13.1. The van der Waals surface area contributed by atoms with E-state index in [1.54, 1.807) is 24.3 Å². The predicted octanol–water partition coefficient (Wildman–Crippen LogP) is 2.79. The van der Waals surface area contributed by atoms with Gasteiger partial charge >= 0.3 is 5.97 Å². The summed E-state index contributed by atoms with van der Waals surface area (Å²) in [6.45, 7) is 0. The van der Waals surface area contributed by atoms with Crippen LogP contribution in [0.2, 0.25) is 0 Å². The molecule has 2 aromatic carbocycles. The van der Waals surface area contributed by atoms with Crippen LogP contribution in [0.3, 0.4) is 0 Å². The average Bonchev–Trinajstić information content (AvgIpc) is 2.57. The number of halogens is 1. The van der Waals surface area contributed by atoms with Crippen LogP contribution in [0.25, 0.3) is 0 Å². The van der Waals surface area contributed by atoms with Crippen LogP contribution in [-0.2, 0) is 20.7 Å². The highest BCUT2D eigenvalue weighted by Gasteiger charge is 2.26. The fraction of sp³-hybridized carbons (Fsp3) is 0.222. The predicted molar refractivity (Wildman–Crippen MR) is 98.6 cm³/mol. The van der Waals surface area contributed by atoms with Crippen LogP contribution in [0.4, 0.5) is 0 Å². The Morgan fingerprint density at radius 2 is 1.75 bits per heavy atom. The molecule has 0 aliphatic rings. The number of amides is 1. The zero-order chi connectivity index (χ0) is 17.5. The van der Waals surface area contributed by atoms with Gasteiger partial charge in [0.05, 0.1) is 0 Å². The second kappa shape index (κ2) is 8.79. The van der Waals surface area contributed by atoms with Crippen molar-refractivity contribution in [1.82, 2.24) is 5.32 Å². The van der Waals surface area contributed by atoms with E-state index in [9.17, 15) is 14.7 Å². The Kier molecular flexibility index (Phi) is 6.74. The highest BCUT2D eigenvalue weighted by molar-refractivity contribution is 14.1. The van der Waals surface area contributed by atoms with Gasteiger partial charge in [-0.15, -0.1) is 0 Å². The number of rotatable bonds is 7. The molecule has 0 saturated heterocycles. The van der Waals surface area contributed by atoms with Gasteiger partial charge in [-0.05, 0) is 39.8 Å². The van der Waals surface area contributed by atoms with Crippen LogP contribution in [0, 0.1) is 3.57 Å². The van der Waals surface area contributed by atoms with Gasteiger partial charge in [0.25, 0.3) is 5.91 Å². The van der Waals surface area contributed by atoms with E-state index < -0.39 is 24.0 Å². The molecule has 0 spiro atoms. The summed E-state index contributed by atoms with van der Waals surface area (Å²) in [5, 5.41) is 12.0. The highest BCUT2D eigenvalue weighted by atomic mass is 127. The minimum absolute atomic E-state index is 0.214. The molecule has 5 nitrogen and oxygen atoms in total. The quantitative estimate of drug-likeness (QED) is 0.651. The maximum atomic E-state index is 12.5. The van der Waals surface area contributed by atoms with Crippen molar-refractivity contribution in [2.45, 2.75) is 18.6 Å². The minimum atomic E-state index is -1.08. The number of ether oxygens (including phenoxy) is 1. The number of carboxylic acids is 1. The number of carbonyl (C=O) groups is 2. The van der Waals surface area contributed by atoms with Gasteiger partial charge in [0, 0.05) is 17.1 Å². The second-order valence-electron chi connectivity index (χ2n) is 5.22. The molecule has 0 fully saturated rings. The molecule has 2 aromatic rings. The van der Waals surface area contributed by atoms with Crippen LogP contribution in [-0.4, -0.2) is 30.1 Å². The van der Waals surface area contributed by atoms with Crippen LogP contribution in [0.5, 0.6) is 0 Å². The number of nitrogens with one attached hydrogen (secondary N) is 1. The molecule has 0 unspecified atom stereocenters. The van der Waals surface area contributed by atoms with Crippen LogP contribution in [0.1, 0.15) is 17.2 Å². The summed E-state index contributed by atoms with van der Waals surface area (Å²) in [6, 6.07) is 15.4. The zero-order valence-corrected chi connectivity index (χ0v) is 15.3. The molecule has 2 rings (SSSR count). The molecule has 2 N–H and O–H groups in total. The summed E-state index contributed by atoms with van der Waals surface area (Å²) in [6.07, 6.45) is -0.631. The Labute approximate surface area is 154 Å². The third kappa shape index (κ3) is 4.78. The van der Waals surface area contributed by atoms with Crippen molar-refractivity contribution in [1.29, 1.82) is 0 Å². The van der Waals surface area contributed by atoms with Crippen molar-refractivity contribution in [2.75, 3.05) is 7.11 Å². The van der Waals surface area contributed by atoms with Crippen LogP contribution >= 0.6 is 22.6 Å². The smallest absolute Gasteiger partial charge is 0.326 e. The van der Waals surface area contributed by atoms with Gasteiger partial charge in [-0.2, -0.15) is 0 Å². The van der Waals surface area contributed by atoms with E-state index in [1.807, 2.05) is 30.3 Å². The number of carbonyl (C=O) groups excluding carboxylic acids is 1. The van der Waals surface area contributed by atoms with Gasteiger partial charge in [-0.25, -0.2) is 4.79 Å². The lowest BCUT2D eigenvalue weighted by Crippen LogP contribution is -2.44. The number of benzene rings is 2. The first-order valence-corrected chi connectivity index (χ1v) is 8.45. The Hall–Kier alpha value is -1.93. The van der Waals surface area contributed by atoms with Gasteiger partial charge in [0.1, 0.15) is 6.04 Å². The monoisotopic (exact) mass is 439 g/mol. The summed E-state index contributed by atoms with van der Waals surface area (Å²) in [7, 11) is 1.42. The summed E-state index contributed by atoms with van der Waals surface area (Å²) in [4.78, 5) is 24.0. The lowest BCUT2D eigenvalue weighted by atomic mass is 10.0. The van der Waals surface area contributed by atoms with Gasteiger partial charge < -0.3 is 15.2 Å². The normalized spacial score (nSPS) is 13.1. The number of hydrogen-bond donors (Lipinski definition) is 2. The third-order valence-corrected chi connectivity index (χ3v) is 4.63. The Balaban J connectivity index is 2.13. The first-order valence-electron chi connectivity index (χ1n) is 7.37. The lowest BCUT2D eigenvalue weighted by molar-refractivity contribution is -0.144. The largest absolute Gasteiger partial charge is 0.480 e. The van der Waals surface area contributed by atoms with Crippen LogP contribution in [0.15, 0.2) is 54.6 Å².